The third-order valence-corrected chi connectivity index (χ3v) is 4.41. The van der Waals surface area contributed by atoms with Crippen molar-refractivity contribution in [2.45, 2.75) is 64.2 Å². The molecule has 1 N–H and O–H groups in total. The first-order chi connectivity index (χ1) is 7.47. The summed E-state index contributed by atoms with van der Waals surface area (Å²) in [6.45, 7) is 5.66. The maximum atomic E-state index is 11.7. The van der Waals surface area contributed by atoms with Gasteiger partial charge in [0.05, 0.1) is 6.07 Å². The second-order valence-electron chi connectivity index (χ2n) is 4.09. The van der Waals surface area contributed by atoms with Crippen LogP contribution in [0, 0.1) is 11.3 Å². The third kappa shape index (κ3) is 5.47. The summed E-state index contributed by atoms with van der Waals surface area (Å²) in [6.07, 6.45) is 4.41. The molecule has 5 heteroatoms. The molecule has 0 aliphatic rings. The normalized spacial score (nSPS) is 15.4. The van der Waals surface area contributed by atoms with Crippen molar-refractivity contribution in [3.05, 3.63) is 0 Å². The van der Waals surface area contributed by atoms with Crippen LogP contribution < -0.4 is 4.72 Å². The molecule has 0 heterocycles. The van der Waals surface area contributed by atoms with Crippen LogP contribution in [0.3, 0.4) is 0 Å². The Kier molecular flexibility index (Phi) is 7.35. The first-order valence-corrected chi connectivity index (χ1v) is 7.43. The molecule has 0 saturated carbocycles. The number of unbranched alkanes of at least 4 members (excludes halogenated alkanes) is 2. The SMILES string of the molecule is CCCCCC(C)NS(=O)(=O)C(C#N)CC. The molecule has 0 aromatic heterocycles. The van der Waals surface area contributed by atoms with Crippen molar-refractivity contribution in [3.63, 3.8) is 0 Å². The van der Waals surface area contributed by atoms with Crippen LogP contribution in [0.5, 0.6) is 0 Å². The molecule has 0 aliphatic heterocycles. The Morgan fingerprint density at radius 1 is 1.31 bits per heavy atom. The summed E-state index contributed by atoms with van der Waals surface area (Å²) in [4.78, 5) is 0. The molecular formula is C11H22N2O2S. The van der Waals surface area contributed by atoms with Gasteiger partial charge < -0.3 is 0 Å². The average Bonchev–Trinajstić information content (AvgIpc) is 2.18. The van der Waals surface area contributed by atoms with Crippen molar-refractivity contribution in [2.75, 3.05) is 0 Å². The molecule has 0 amide bonds. The molecule has 0 radical (unpaired) electrons. The standard InChI is InChI=1S/C11H22N2O2S/c1-4-6-7-8-10(3)13-16(14,15)11(5-2)9-12/h10-11,13H,4-8H2,1-3H3. The lowest BCUT2D eigenvalue weighted by Gasteiger charge is -2.16. The van der Waals surface area contributed by atoms with Crippen LogP contribution in [-0.4, -0.2) is 19.7 Å². The summed E-state index contributed by atoms with van der Waals surface area (Å²) in [7, 11) is -3.47. The molecule has 0 saturated heterocycles. The zero-order valence-corrected chi connectivity index (χ0v) is 11.2. The second kappa shape index (κ2) is 7.64. The lowest BCUT2D eigenvalue weighted by Crippen LogP contribution is -2.38. The number of sulfonamides is 1. The van der Waals surface area contributed by atoms with Gasteiger partial charge in [-0.3, -0.25) is 0 Å². The molecule has 2 atom stereocenters. The van der Waals surface area contributed by atoms with Gasteiger partial charge in [0.2, 0.25) is 10.0 Å². The van der Waals surface area contributed by atoms with E-state index in [1.54, 1.807) is 6.92 Å². The van der Waals surface area contributed by atoms with Crippen molar-refractivity contribution < 1.29 is 8.42 Å². The van der Waals surface area contributed by atoms with Crippen LogP contribution in [-0.2, 0) is 10.0 Å². The van der Waals surface area contributed by atoms with Gasteiger partial charge in [0.25, 0.3) is 0 Å². The van der Waals surface area contributed by atoms with Crippen molar-refractivity contribution in [3.8, 4) is 6.07 Å². The van der Waals surface area contributed by atoms with E-state index in [1.807, 2.05) is 13.0 Å². The maximum absolute atomic E-state index is 11.7. The molecule has 0 aromatic carbocycles. The van der Waals surface area contributed by atoms with E-state index in [2.05, 4.69) is 11.6 Å². The Bertz CT molecular complexity index is 319. The Balaban J connectivity index is 4.21. The fourth-order valence-electron chi connectivity index (χ4n) is 1.50. The van der Waals surface area contributed by atoms with Crippen molar-refractivity contribution in [2.24, 2.45) is 0 Å². The van der Waals surface area contributed by atoms with Crippen LogP contribution >= 0.6 is 0 Å². The Morgan fingerprint density at radius 2 is 1.94 bits per heavy atom. The van der Waals surface area contributed by atoms with Gasteiger partial charge >= 0.3 is 0 Å². The van der Waals surface area contributed by atoms with E-state index >= 15 is 0 Å². The quantitative estimate of drug-likeness (QED) is 0.667. The predicted octanol–water partition coefficient (Wildman–Crippen LogP) is 2.18. The highest BCUT2D eigenvalue weighted by molar-refractivity contribution is 7.90. The zero-order chi connectivity index (χ0) is 12.6. The Hall–Kier alpha value is -0.600. The van der Waals surface area contributed by atoms with Gasteiger partial charge in [-0.25, -0.2) is 13.1 Å². The number of nitrogens with zero attached hydrogens (tertiary/aromatic N) is 1. The van der Waals surface area contributed by atoms with Crippen LogP contribution in [0.4, 0.5) is 0 Å². The van der Waals surface area contributed by atoms with E-state index in [9.17, 15) is 8.42 Å². The summed E-state index contributed by atoms with van der Waals surface area (Å²) in [5, 5.41) is 7.79. The number of rotatable bonds is 8. The van der Waals surface area contributed by atoms with Gasteiger partial charge in [-0.2, -0.15) is 5.26 Å². The maximum Gasteiger partial charge on any atom is 0.228 e. The minimum absolute atomic E-state index is 0.0843. The molecule has 4 nitrogen and oxygen atoms in total. The molecule has 16 heavy (non-hydrogen) atoms. The monoisotopic (exact) mass is 246 g/mol. The lowest BCUT2D eigenvalue weighted by molar-refractivity contribution is 0.522. The molecule has 0 rings (SSSR count). The largest absolute Gasteiger partial charge is 0.228 e. The van der Waals surface area contributed by atoms with E-state index in [-0.39, 0.29) is 6.04 Å². The summed E-state index contributed by atoms with van der Waals surface area (Å²) in [5.41, 5.74) is 0. The van der Waals surface area contributed by atoms with E-state index in [4.69, 9.17) is 5.26 Å². The smallest absolute Gasteiger partial charge is 0.211 e. The Morgan fingerprint density at radius 3 is 2.38 bits per heavy atom. The summed E-state index contributed by atoms with van der Waals surface area (Å²) in [5.74, 6) is 0. The molecule has 0 fully saturated rings. The van der Waals surface area contributed by atoms with E-state index in [0.717, 1.165) is 25.7 Å². The predicted molar refractivity (Wildman–Crippen MR) is 65.4 cm³/mol. The molecule has 0 aliphatic carbocycles. The average molecular weight is 246 g/mol. The number of nitrogens with one attached hydrogen (secondary N) is 1. The fraction of sp³-hybridized carbons (Fsp3) is 0.909. The van der Waals surface area contributed by atoms with Gasteiger partial charge in [-0.1, -0.05) is 33.1 Å². The number of nitriles is 1. The topological polar surface area (TPSA) is 70.0 Å². The van der Waals surface area contributed by atoms with Crippen molar-refractivity contribution >= 4 is 10.0 Å². The summed E-state index contributed by atoms with van der Waals surface area (Å²) >= 11 is 0. The van der Waals surface area contributed by atoms with Gasteiger partial charge in [-0.05, 0) is 19.8 Å². The van der Waals surface area contributed by atoms with Gasteiger partial charge in [-0.15, -0.1) is 0 Å². The van der Waals surface area contributed by atoms with Crippen LogP contribution in [0.1, 0.15) is 52.9 Å². The van der Waals surface area contributed by atoms with E-state index < -0.39 is 15.3 Å². The lowest BCUT2D eigenvalue weighted by atomic mass is 10.1. The van der Waals surface area contributed by atoms with Gasteiger partial charge in [0.15, 0.2) is 5.25 Å². The molecule has 0 bridgehead atoms. The van der Waals surface area contributed by atoms with Gasteiger partial charge in [0.1, 0.15) is 0 Å². The first-order valence-electron chi connectivity index (χ1n) is 5.88. The number of hydrogen-bond donors (Lipinski definition) is 1. The summed E-state index contributed by atoms with van der Waals surface area (Å²) < 4.78 is 26.0. The molecular weight excluding hydrogens is 224 g/mol. The minimum Gasteiger partial charge on any atom is -0.211 e. The van der Waals surface area contributed by atoms with Crippen molar-refractivity contribution in [1.82, 2.24) is 4.72 Å². The molecule has 2 unspecified atom stereocenters. The van der Waals surface area contributed by atoms with E-state index in [1.165, 1.54) is 0 Å². The third-order valence-electron chi connectivity index (χ3n) is 2.50. The van der Waals surface area contributed by atoms with Crippen LogP contribution in [0.2, 0.25) is 0 Å². The highest BCUT2D eigenvalue weighted by atomic mass is 32.2. The zero-order valence-electron chi connectivity index (χ0n) is 10.4. The Labute approximate surface area is 99.1 Å². The molecule has 0 aromatic rings. The first kappa shape index (κ1) is 15.4. The van der Waals surface area contributed by atoms with Gasteiger partial charge in [0, 0.05) is 6.04 Å². The second-order valence-corrected chi connectivity index (χ2v) is 5.98. The van der Waals surface area contributed by atoms with Crippen molar-refractivity contribution in [1.29, 1.82) is 5.26 Å². The highest BCUT2D eigenvalue weighted by Crippen LogP contribution is 2.08. The van der Waals surface area contributed by atoms with Crippen LogP contribution in [0.15, 0.2) is 0 Å². The number of hydrogen-bond acceptors (Lipinski definition) is 3. The van der Waals surface area contributed by atoms with E-state index in [0.29, 0.717) is 6.42 Å². The molecule has 0 spiro atoms. The summed E-state index contributed by atoms with van der Waals surface area (Å²) in [6, 6.07) is 1.73. The van der Waals surface area contributed by atoms with Crippen LogP contribution in [0.25, 0.3) is 0 Å². The minimum atomic E-state index is -3.47. The molecule has 94 valence electrons. The highest BCUT2D eigenvalue weighted by Gasteiger charge is 2.24. The fourth-order valence-corrected chi connectivity index (χ4v) is 2.92.